The molecule has 6 aromatic carbocycles. The zero-order valence-corrected chi connectivity index (χ0v) is 47.7. The molecule has 9 aromatic rings. The van der Waals surface area contributed by atoms with Crippen LogP contribution in [0.2, 0.25) is 0 Å². The first-order valence-corrected chi connectivity index (χ1v) is 28.1. The van der Waals surface area contributed by atoms with Crippen LogP contribution < -0.4 is 4.74 Å². The number of hydrogen-bond acceptors (Lipinski definition) is 14. The van der Waals surface area contributed by atoms with Crippen LogP contribution in [-0.2, 0) is 64.7 Å². The number of hydrogen-bond donors (Lipinski definition) is 0. The van der Waals surface area contributed by atoms with Gasteiger partial charge in [-0.3, -0.25) is 9.69 Å². The quantitative estimate of drug-likeness (QED) is 0.0787. The monoisotopic (exact) mass is 1200 g/mol. The molecule has 3 aromatic heterocycles. The van der Waals surface area contributed by atoms with Crippen molar-refractivity contribution in [1.29, 1.82) is 0 Å². The zero-order valence-electron chi connectivity index (χ0n) is 46.2. The molecular weight excluding hydrogens is 1140 g/mol. The number of halogens is 3. The summed E-state index contributed by atoms with van der Waals surface area (Å²) in [6.07, 6.45) is 1.85. The topological polar surface area (TPSA) is 176 Å². The lowest BCUT2D eigenvalue weighted by Gasteiger charge is -2.24. The van der Waals surface area contributed by atoms with Gasteiger partial charge in [-0.25, -0.2) is 24.5 Å². The first kappa shape index (κ1) is 58.5. The Bertz CT molecular complexity index is 3830. The fourth-order valence-electron chi connectivity index (χ4n) is 10.8. The molecule has 1 atom stereocenters. The minimum Gasteiger partial charge on any atom is -0.468 e. The molecule has 16 nitrogen and oxygen atoms in total. The van der Waals surface area contributed by atoms with E-state index in [9.17, 15) is 23.2 Å². The van der Waals surface area contributed by atoms with E-state index < -0.39 is 18.7 Å². The van der Waals surface area contributed by atoms with Gasteiger partial charge in [-0.2, -0.15) is 8.78 Å². The van der Waals surface area contributed by atoms with Gasteiger partial charge in [-0.15, -0.1) is 0 Å². The van der Waals surface area contributed by atoms with Crippen molar-refractivity contribution in [3.05, 3.63) is 188 Å². The summed E-state index contributed by atoms with van der Waals surface area (Å²) in [5.41, 5.74) is 12.0. The number of carbonyl (C=O) groups is 3. The Morgan fingerprint density at radius 3 is 1.65 bits per heavy atom. The minimum atomic E-state index is -3.05. The lowest BCUT2D eigenvalue weighted by Crippen LogP contribution is -2.36. The highest BCUT2D eigenvalue weighted by Gasteiger charge is 2.33. The number of esters is 1. The molecule has 6 heterocycles. The van der Waals surface area contributed by atoms with Crippen molar-refractivity contribution in [3.8, 4) is 51.2 Å². The third-order valence-electron chi connectivity index (χ3n) is 15.3. The molecule has 3 aliphatic rings. The summed E-state index contributed by atoms with van der Waals surface area (Å²) in [7, 11) is 1.34. The standard InChI is InChI=1S/C43H40F2N4O7.C21H19BrN2O3.CH4/c1-25-29(30-13-8-15-32(26(30)2)40-47-34-23-49(19-17-36(34)54-40)43(51)53-24-27-10-5-4-6-11-27)12-7-14-31(25)39-46-33-20-28(37(56-42(44)45)21-38(33)55-39)22-48-18-9-16-35(48)41(50)52-3;1-14-16(8-5-9-17(14)22)20-23-18-12-24(11-10-19(18)27-20)21(25)26-13-15-6-3-2-4-7-15;/h4-8,10-15,20-21,35,42H,9,16-19,22-24H2,1-3H3;2-9H,10-13H2,1H3;1H4/t35-;;/m0../s1. The molecule has 1 saturated heterocycles. The third kappa shape index (κ3) is 12.8. The Kier molecular flexibility index (Phi) is 18.0. The number of carbonyl (C=O) groups excluding carboxylic acids is 3. The second kappa shape index (κ2) is 25.9. The average Bonchev–Trinajstić information content (AvgIpc) is 2.60. The molecule has 0 bridgehead atoms. The molecule has 0 spiro atoms. The van der Waals surface area contributed by atoms with Gasteiger partial charge in [0.25, 0.3) is 0 Å². The summed E-state index contributed by atoms with van der Waals surface area (Å²) >= 11 is 3.54. The van der Waals surface area contributed by atoms with Gasteiger partial charge in [0, 0.05) is 65.3 Å². The Labute approximate surface area is 493 Å². The minimum absolute atomic E-state index is 0. The van der Waals surface area contributed by atoms with Gasteiger partial charge in [0.2, 0.25) is 17.7 Å². The van der Waals surface area contributed by atoms with E-state index in [1.807, 2.05) is 141 Å². The number of ether oxygens (including phenoxy) is 4. The van der Waals surface area contributed by atoms with E-state index in [-0.39, 0.29) is 45.0 Å². The first-order chi connectivity index (χ1) is 40.3. The summed E-state index contributed by atoms with van der Waals surface area (Å²) in [5, 5.41) is 0. The smallest absolute Gasteiger partial charge is 0.410 e. The molecule has 434 valence electrons. The van der Waals surface area contributed by atoms with Crippen LogP contribution in [0.5, 0.6) is 5.75 Å². The maximum absolute atomic E-state index is 13.6. The Morgan fingerprint density at radius 2 is 1.13 bits per heavy atom. The van der Waals surface area contributed by atoms with Gasteiger partial charge >= 0.3 is 24.8 Å². The van der Waals surface area contributed by atoms with Crippen LogP contribution in [0.15, 0.2) is 145 Å². The van der Waals surface area contributed by atoms with Crippen molar-refractivity contribution >= 4 is 45.2 Å². The van der Waals surface area contributed by atoms with Crippen LogP contribution in [0.3, 0.4) is 0 Å². The van der Waals surface area contributed by atoms with E-state index in [1.54, 1.807) is 15.9 Å². The Morgan fingerprint density at radius 1 is 0.631 bits per heavy atom. The first-order valence-electron chi connectivity index (χ1n) is 27.3. The molecule has 1 fully saturated rings. The normalized spacial score (nSPS) is 14.7. The summed E-state index contributed by atoms with van der Waals surface area (Å²) < 4.78 is 67.5. The van der Waals surface area contributed by atoms with Crippen molar-refractivity contribution in [2.24, 2.45) is 0 Å². The number of amides is 2. The molecule has 0 unspecified atom stereocenters. The molecular formula is C65H63BrF2N6O10. The molecule has 0 aliphatic carbocycles. The average molecular weight is 1210 g/mol. The van der Waals surface area contributed by atoms with E-state index in [4.69, 9.17) is 42.2 Å². The molecule has 0 radical (unpaired) electrons. The third-order valence-corrected chi connectivity index (χ3v) is 16.2. The lowest BCUT2D eigenvalue weighted by atomic mass is 9.91. The van der Waals surface area contributed by atoms with Gasteiger partial charge in [-0.1, -0.05) is 114 Å². The van der Waals surface area contributed by atoms with Gasteiger partial charge in [0.1, 0.15) is 53.4 Å². The predicted octanol–water partition coefficient (Wildman–Crippen LogP) is 14.6. The number of aromatic nitrogens is 3. The van der Waals surface area contributed by atoms with Gasteiger partial charge in [0.15, 0.2) is 5.58 Å². The summed E-state index contributed by atoms with van der Waals surface area (Å²) in [6.45, 7) is 5.99. The second-order valence-corrected chi connectivity index (χ2v) is 21.4. The maximum atomic E-state index is 13.6. The fourth-order valence-corrected chi connectivity index (χ4v) is 11.2. The molecule has 0 saturated carbocycles. The molecule has 2 amide bonds. The van der Waals surface area contributed by atoms with E-state index in [0.29, 0.717) is 92.0 Å². The molecule has 12 rings (SSSR count). The van der Waals surface area contributed by atoms with Crippen LogP contribution in [0, 0.1) is 20.8 Å². The molecule has 0 N–H and O–H groups in total. The van der Waals surface area contributed by atoms with E-state index in [1.165, 1.54) is 13.2 Å². The van der Waals surface area contributed by atoms with Crippen molar-refractivity contribution in [2.75, 3.05) is 26.7 Å². The fraction of sp³-hybridized carbons (Fsp3) is 0.292. The van der Waals surface area contributed by atoms with Crippen molar-refractivity contribution in [2.45, 2.75) is 99.4 Å². The number of fused-ring (bicyclic) bond motifs is 3. The summed E-state index contributed by atoms with van der Waals surface area (Å²) in [6, 6.07) is 39.6. The Balaban J connectivity index is 0.000000235. The zero-order chi connectivity index (χ0) is 57.7. The van der Waals surface area contributed by atoms with E-state index >= 15 is 0 Å². The number of benzene rings is 6. The molecule has 3 aliphatic heterocycles. The highest BCUT2D eigenvalue weighted by atomic mass is 79.9. The van der Waals surface area contributed by atoms with E-state index in [2.05, 4.69) is 20.9 Å². The predicted molar refractivity (Wildman–Crippen MR) is 315 cm³/mol. The van der Waals surface area contributed by atoms with Crippen molar-refractivity contribution < 1.29 is 55.4 Å². The van der Waals surface area contributed by atoms with Crippen molar-refractivity contribution in [1.82, 2.24) is 29.7 Å². The number of alkyl halides is 2. The van der Waals surface area contributed by atoms with Gasteiger partial charge in [-0.05, 0) is 109 Å². The highest BCUT2D eigenvalue weighted by Crippen LogP contribution is 2.40. The number of nitrogens with zero attached hydrogens (tertiary/aromatic N) is 6. The summed E-state index contributed by atoms with van der Waals surface area (Å²) in [4.78, 5) is 57.2. The molecule has 84 heavy (non-hydrogen) atoms. The Hall–Kier alpha value is -8.68. The van der Waals surface area contributed by atoms with E-state index in [0.717, 1.165) is 83.7 Å². The summed E-state index contributed by atoms with van der Waals surface area (Å²) in [5.74, 6) is 2.60. The number of likely N-dealkylation sites (tertiary alicyclic amines) is 1. The highest BCUT2D eigenvalue weighted by molar-refractivity contribution is 9.10. The number of oxazole rings is 3. The molecule has 19 heteroatoms. The number of methoxy groups -OCH3 is 1. The lowest BCUT2D eigenvalue weighted by molar-refractivity contribution is -0.146. The van der Waals surface area contributed by atoms with Gasteiger partial charge < -0.3 is 42.0 Å². The van der Waals surface area contributed by atoms with Crippen LogP contribution in [0.25, 0.3) is 56.6 Å². The maximum Gasteiger partial charge on any atom is 0.410 e. The SMILES string of the molecule is C.COC(=O)[C@@H]1CCCN1Cc1cc2nc(-c3cccc(-c4cccc(-c5nc6c(o5)CCN(C(=O)OCc5ccccc5)C6)c4C)c3C)oc2cc1OC(F)F.Cc1c(Br)cccc1-c1nc2c(o1)CCN(C(=O)OCc1ccccc1)C2. The van der Waals surface area contributed by atoms with Crippen LogP contribution in [0.1, 0.15) is 76.6 Å². The van der Waals surface area contributed by atoms with Crippen LogP contribution >= 0.6 is 15.9 Å². The van der Waals surface area contributed by atoms with Crippen LogP contribution in [-0.4, -0.2) is 87.2 Å². The van der Waals surface area contributed by atoms with Crippen molar-refractivity contribution in [3.63, 3.8) is 0 Å². The largest absolute Gasteiger partial charge is 0.468 e. The number of rotatable bonds is 13. The van der Waals surface area contributed by atoms with Gasteiger partial charge in [0.05, 0.1) is 20.2 Å². The van der Waals surface area contributed by atoms with Crippen LogP contribution in [0.4, 0.5) is 18.4 Å². The second-order valence-electron chi connectivity index (χ2n) is 20.5.